The summed E-state index contributed by atoms with van der Waals surface area (Å²) in [6.07, 6.45) is 3.04. The molecule has 0 saturated carbocycles. The molecule has 2 aromatic rings. The van der Waals surface area contributed by atoms with Gasteiger partial charge in [0.1, 0.15) is 0 Å². The number of hydrogen-bond donors (Lipinski definition) is 1. The first kappa shape index (κ1) is 16.4. The molecule has 0 spiro atoms. The Labute approximate surface area is 137 Å². The van der Waals surface area contributed by atoms with Crippen molar-refractivity contribution in [2.75, 3.05) is 6.54 Å². The van der Waals surface area contributed by atoms with E-state index in [1.165, 1.54) is 5.56 Å². The van der Waals surface area contributed by atoms with Gasteiger partial charge in [-0.3, -0.25) is 0 Å². The molecule has 0 fully saturated rings. The van der Waals surface area contributed by atoms with Crippen molar-refractivity contribution in [1.82, 2.24) is 5.32 Å². The quantitative estimate of drug-likeness (QED) is 0.693. The molecular weight excluding hydrogens is 301 g/mol. The van der Waals surface area contributed by atoms with Crippen LogP contribution in [0.15, 0.2) is 48.5 Å². The van der Waals surface area contributed by atoms with Crippen molar-refractivity contribution in [1.29, 1.82) is 0 Å². The predicted molar refractivity (Wildman–Crippen MR) is 92.3 cm³/mol. The molecule has 0 saturated heterocycles. The number of aryl methyl sites for hydroxylation is 1. The van der Waals surface area contributed by atoms with Crippen LogP contribution in [0.25, 0.3) is 0 Å². The fourth-order valence-electron chi connectivity index (χ4n) is 2.43. The molecule has 0 heterocycles. The van der Waals surface area contributed by atoms with E-state index in [4.69, 9.17) is 23.2 Å². The van der Waals surface area contributed by atoms with Crippen LogP contribution in [0.1, 0.15) is 36.9 Å². The third kappa shape index (κ3) is 4.74. The van der Waals surface area contributed by atoms with E-state index in [-0.39, 0.29) is 0 Å². The van der Waals surface area contributed by atoms with Gasteiger partial charge in [0.05, 0.1) is 10.0 Å². The maximum absolute atomic E-state index is 6.27. The molecule has 1 nitrogen and oxygen atoms in total. The van der Waals surface area contributed by atoms with Crippen molar-refractivity contribution in [3.8, 4) is 0 Å². The molecule has 112 valence electrons. The van der Waals surface area contributed by atoms with Gasteiger partial charge in [-0.1, -0.05) is 72.6 Å². The highest BCUT2D eigenvalue weighted by atomic mass is 35.5. The Morgan fingerprint density at radius 2 is 1.76 bits per heavy atom. The summed E-state index contributed by atoms with van der Waals surface area (Å²) in [5, 5.41) is 4.93. The fraction of sp³-hybridized carbons (Fsp3) is 0.333. The molecule has 0 aliphatic rings. The zero-order valence-corrected chi connectivity index (χ0v) is 13.8. The van der Waals surface area contributed by atoms with E-state index in [2.05, 4.69) is 42.6 Å². The summed E-state index contributed by atoms with van der Waals surface area (Å²) in [4.78, 5) is 0. The second-order valence-electron chi connectivity index (χ2n) is 5.17. The molecule has 1 unspecified atom stereocenters. The fourth-order valence-corrected chi connectivity index (χ4v) is 2.85. The highest BCUT2D eigenvalue weighted by Crippen LogP contribution is 2.28. The van der Waals surface area contributed by atoms with Crippen molar-refractivity contribution in [3.05, 3.63) is 69.7 Å². The van der Waals surface area contributed by atoms with Crippen molar-refractivity contribution < 1.29 is 0 Å². The van der Waals surface area contributed by atoms with Crippen molar-refractivity contribution in [2.45, 2.75) is 32.2 Å². The lowest BCUT2D eigenvalue weighted by Gasteiger charge is -2.19. The van der Waals surface area contributed by atoms with Crippen LogP contribution in [0.4, 0.5) is 0 Å². The number of nitrogens with one attached hydrogen (secondary N) is 1. The molecule has 0 bridgehead atoms. The summed E-state index contributed by atoms with van der Waals surface area (Å²) in [5.41, 5.74) is 2.44. The summed E-state index contributed by atoms with van der Waals surface area (Å²) < 4.78 is 0. The van der Waals surface area contributed by atoms with Gasteiger partial charge in [0.2, 0.25) is 0 Å². The van der Waals surface area contributed by atoms with E-state index in [1.54, 1.807) is 0 Å². The van der Waals surface area contributed by atoms with Gasteiger partial charge < -0.3 is 5.32 Å². The van der Waals surface area contributed by atoms with Gasteiger partial charge >= 0.3 is 0 Å². The molecule has 0 aromatic heterocycles. The first-order chi connectivity index (χ1) is 10.2. The van der Waals surface area contributed by atoms with Gasteiger partial charge in [0, 0.05) is 6.04 Å². The number of benzene rings is 2. The van der Waals surface area contributed by atoms with Gasteiger partial charge in [-0.2, -0.15) is 0 Å². The number of hydrogen-bond acceptors (Lipinski definition) is 1. The average molecular weight is 322 g/mol. The van der Waals surface area contributed by atoms with Gasteiger partial charge in [0.15, 0.2) is 0 Å². The van der Waals surface area contributed by atoms with Crippen molar-refractivity contribution in [2.24, 2.45) is 0 Å². The molecule has 2 rings (SSSR count). The van der Waals surface area contributed by atoms with Crippen molar-refractivity contribution >= 4 is 23.2 Å². The normalized spacial score (nSPS) is 12.3. The van der Waals surface area contributed by atoms with E-state index in [0.29, 0.717) is 16.1 Å². The van der Waals surface area contributed by atoms with Gasteiger partial charge in [-0.15, -0.1) is 0 Å². The summed E-state index contributed by atoms with van der Waals surface area (Å²) in [7, 11) is 0. The third-order valence-corrected chi connectivity index (χ3v) is 4.43. The van der Waals surface area contributed by atoms with E-state index in [0.717, 1.165) is 31.4 Å². The molecule has 2 aromatic carbocycles. The zero-order chi connectivity index (χ0) is 15.1. The monoisotopic (exact) mass is 321 g/mol. The molecule has 0 aliphatic carbocycles. The van der Waals surface area contributed by atoms with E-state index < -0.39 is 0 Å². The van der Waals surface area contributed by atoms with Gasteiger partial charge in [-0.05, 0) is 43.0 Å². The summed E-state index contributed by atoms with van der Waals surface area (Å²) in [6.45, 7) is 3.20. The Balaban J connectivity index is 2.07. The van der Waals surface area contributed by atoms with Crippen LogP contribution in [-0.4, -0.2) is 6.54 Å². The smallest absolute Gasteiger partial charge is 0.0624 e. The minimum atomic E-state index is 0.348. The van der Waals surface area contributed by atoms with E-state index in [1.807, 2.05) is 18.2 Å². The minimum Gasteiger partial charge on any atom is -0.310 e. The van der Waals surface area contributed by atoms with Crippen LogP contribution in [-0.2, 0) is 6.42 Å². The third-order valence-electron chi connectivity index (χ3n) is 3.58. The molecule has 0 radical (unpaired) electrons. The largest absolute Gasteiger partial charge is 0.310 e. The van der Waals surface area contributed by atoms with Gasteiger partial charge in [0.25, 0.3) is 0 Å². The molecule has 0 amide bonds. The second-order valence-corrected chi connectivity index (χ2v) is 5.95. The Morgan fingerprint density at radius 3 is 2.48 bits per heavy atom. The van der Waals surface area contributed by atoms with Crippen LogP contribution in [0.2, 0.25) is 10.0 Å². The molecule has 3 heteroatoms. The summed E-state index contributed by atoms with van der Waals surface area (Å²) >= 11 is 12.4. The van der Waals surface area contributed by atoms with Crippen LogP contribution in [0.3, 0.4) is 0 Å². The molecule has 0 aliphatic heterocycles. The summed E-state index contributed by atoms with van der Waals surface area (Å²) in [5.74, 6) is 0. The second kappa shape index (κ2) is 8.43. The maximum Gasteiger partial charge on any atom is 0.0624 e. The first-order valence-electron chi connectivity index (χ1n) is 7.43. The van der Waals surface area contributed by atoms with Crippen molar-refractivity contribution in [3.63, 3.8) is 0 Å². The predicted octanol–water partition coefficient (Wildman–Crippen LogP) is 5.67. The molecular formula is C18H21Cl2N. The van der Waals surface area contributed by atoms with Gasteiger partial charge in [-0.25, -0.2) is 0 Å². The Kier molecular flexibility index (Phi) is 6.56. The van der Waals surface area contributed by atoms with Crippen LogP contribution in [0.5, 0.6) is 0 Å². The highest BCUT2D eigenvalue weighted by Gasteiger charge is 2.12. The highest BCUT2D eigenvalue weighted by molar-refractivity contribution is 6.42. The Morgan fingerprint density at radius 1 is 1.00 bits per heavy atom. The minimum absolute atomic E-state index is 0.348. The standard InChI is InChI=1S/C18H21Cl2N/c1-2-13-21-17(14-7-4-3-5-8-14)12-11-15-9-6-10-16(19)18(15)20/h3-10,17,21H,2,11-13H2,1H3. The van der Waals surface area contributed by atoms with Crippen LogP contribution < -0.4 is 5.32 Å². The lowest BCUT2D eigenvalue weighted by Crippen LogP contribution is -2.22. The lowest BCUT2D eigenvalue weighted by atomic mass is 9.99. The molecule has 1 N–H and O–H groups in total. The van der Waals surface area contributed by atoms with E-state index >= 15 is 0 Å². The Hall–Kier alpha value is -1.02. The molecule has 1 atom stereocenters. The topological polar surface area (TPSA) is 12.0 Å². The van der Waals surface area contributed by atoms with Crippen LogP contribution in [0, 0.1) is 0 Å². The SMILES string of the molecule is CCCNC(CCc1cccc(Cl)c1Cl)c1ccccc1. The number of rotatable bonds is 7. The van der Waals surface area contributed by atoms with E-state index in [9.17, 15) is 0 Å². The zero-order valence-electron chi connectivity index (χ0n) is 12.3. The lowest BCUT2D eigenvalue weighted by molar-refractivity contribution is 0.499. The Bertz CT molecular complexity index is 554. The van der Waals surface area contributed by atoms with Crippen LogP contribution >= 0.6 is 23.2 Å². The number of halogens is 2. The average Bonchev–Trinajstić information content (AvgIpc) is 2.52. The summed E-state index contributed by atoms with van der Waals surface area (Å²) in [6, 6.07) is 16.8. The molecule has 21 heavy (non-hydrogen) atoms. The maximum atomic E-state index is 6.27. The first-order valence-corrected chi connectivity index (χ1v) is 8.19.